The molecule has 2 rings (SSSR count). The average Bonchev–Trinajstić information content (AvgIpc) is 2.51. The van der Waals surface area contributed by atoms with Crippen LogP contribution in [0.3, 0.4) is 0 Å². The van der Waals surface area contributed by atoms with Crippen LogP contribution in [0.1, 0.15) is 52.4 Å². The van der Waals surface area contributed by atoms with Gasteiger partial charge in [0.05, 0.1) is 0 Å². The van der Waals surface area contributed by atoms with Gasteiger partial charge in [-0.15, -0.1) is 0 Å². The first-order chi connectivity index (χ1) is 11.8. The summed E-state index contributed by atoms with van der Waals surface area (Å²) < 4.78 is 40.3. The average molecular weight is 417 g/mol. The van der Waals surface area contributed by atoms with Crippen molar-refractivity contribution in [2.75, 3.05) is 0 Å². The molecule has 2 fully saturated rings. The Labute approximate surface area is 187 Å². The Balaban J connectivity index is 2.34. The third-order valence-electron chi connectivity index (χ3n) is 6.47. The summed E-state index contributed by atoms with van der Waals surface area (Å²) in [4.78, 5) is 21.7. The molecule has 10 heteroatoms. The Kier molecular flexibility index (Phi) is 7.04. The van der Waals surface area contributed by atoms with Crippen molar-refractivity contribution < 1.29 is 37.5 Å². The minimum absolute atomic E-state index is 0.0118. The van der Waals surface area contributed by atoms with Crippen LogP contribution >= 0.6 is 0 Å². The molecule has 0 radical (unpaired) electrons. The molecule has 4 atom stereocenters. The molecule has 0 spiro atoms. The second-order valence-electron chi connectivity index (χ2n) is 8.20. The number of rotatable bonds is 5. The van der Waals surface area contributed by atoms with Gasteiger partial charge in [-0.05, 0) is 0 Å². The molecular weight excluding hydrogens is 391 g/mol. The van der Waals surface area contributed by atoms with E-state index in [1.165, 1.54) is 6.92 Å². The molecule has 3 N–H and O–H groups in total. The number of ether oxygens (including phenoxy) is 1. The maximum atomic E-state index is 12.1. The fourth-order valence-electron chi connectivity index (χ4n) is 4.30. The molecule has 0 aliphatic heterocycles. The van der Waals surface area contributed by atoms with Crippen LogP contribution in [0.2, 0.25) is 0.0125 Å². The SMILES string of the molecule is CC1C(C(=O)O)CC(OC2(S(=O)(=O)O)CC[CH]([K])CC2)CC1(C)C(=O)O. The Hall–Kier alpha value is 0.446. The van der Waals surface area contributed by atoms with Crippen LogP contribution in [-0.2, 0) is 24.4 Å². The van der Waals surface area contributed by atoms with Crippen LogP contribution in [0.15, 0.2) is 0 Å². The second-order valence-corrected chi connectivity index (χ2v) is 12.4. The van der Waals surface area contributed by atoms with Crippen molar-refractivity contribution in [1.29, 1.82) is 0 Å². The van der Waals surface area contributed by atoms with E-state index < -0.39 is 50.3 Å². The molecule has 2 aliphatic carbocycles. The molecule has 0 bridgehead atoms. The van der Waals surface area contributed by atoms with E-state index in [0.29, 0.717) is 61.8 Å². The number of carboxylic acid groups (broad SMARTS) is 2. The van der Waals surface area contributed by atoms with E-state index in [4.69, 9.17) is 4.74 Å². The number of carbonyl (C=O) groups is 2. The number of hydrogen-bond donors (Lipinski definition) is 3. The van der Waals surface area contributed by atoms with Gasteiger partial charge in [-0.25, -0.2) is 0 Å². The first-order valence-electron chi connectivity index (χ1n) is 8.93. The van der Waals surface area contributed by atoms with Gasteiger partial charge in [-0.1, -0.05) is 0 Å². The van der Waals surface area contributed by atoms with Gasteiger partial charge < -0.3 is 0 Å². The van der Waals surface area contributed by atoms with Gasteiger partial charge >= 0.3 is 189 Å². The molecule has 4 unspecified atom stereocenters. The number of hydrogen-bond acceptors (Lipinski definition) is 5. The summed E-state index contributed by atoms with van der Waals surface area (Å²) in [5.41, 5.74) is -1.34. The summed E-state index contributed by atoms with van der Waals surface area (Å²) in [7, 11) is -4.52. The van der Waals surface area contributed by atoms with Gasteiger partial charge in [-0.3, -0.25) is 0 Å². The number of carboxylic acids is 2. The molecule has 144 valence electrons. The predicted molar refractivity (Wildman–Crippen MR) is 92.4 cm³/mol. The Morgan fingerprint density at radius 2 is 1.73 bits per heavy atom. The van der Waals surface area contributed by atoms with E-state index in [1.54, 1.807) is 6.92 Å². The molecular formula is C16H25KO8S. The zero-order valence-corrected chi connectivity index (χ0v) is 19.3. The molecule has 8 nitrogen and oxygen atoms in total. The van der Waals surface area contributed by atoms with Crippen molar-refractivity contribution in [2.24, 2.45) is 17.3 Å². The third kappa shape index (κ3) is 4.37. The van der Waals surface area contributed by atoms with Crippen LogP contribution in [0.4, 0.5) is 0 Å². The molecule has 0 aromatic rings. The first kappa shape index (κ1) is 22.7. The van der Waals surface area contributed by atoms with Gasteiger partial charge in [0.25, 0.3) is 0 Å². The zero-order chi connectivity index (χ0) is 19.9. The second kappa shape index (κ2) is 8.06. The van der Waals surface area contributed by atoms with Gasteiger partial charge in [0, 0.05) is 0 Å². The Morgan fingerprint density at radius 3 is 2.15 bits per heavy atom. The fourth-order valence-corrected chi connectivity index (χ4v) is 6.21. The summed E-state index contributed by atoms with van der Waals surface area (Å²) in [5, 5.41) is 19.1. The summed E-state index contributed by atoms with van der Waals surface area (Å²) in [6.07, 6.45) is 0.785. The Bertz CT molecular complexity index is 670. The van der Waals surface area contributed by atoms with Crippen LogP contribution in [-0.4, -0.2) is 95.1 Å². The molecule has 0 aromatic heterocycles. The maximum absolute atomic E-state index is 12.1. The van der Waals surface area contributed by atoms with Crippen molar-refractivity contribution >= 4 is 71.0 Å². The van der Waals surface area contributed by atoms with Crippen molar-refractivity contribution in [3.63, 3.8) is 0 Å². The van der Waals surface area contributed by atoms with Crippen LogP contribution in [0.25, 0.3) is 0 Å². The third-order valence-corrected chi connectivity index (χ3v) is 9.72. The monoisotopic (exact) mass is 416 g/mol. The predicted octanol–water partition coefficient (Wildman–Crippen LogP) is 1.71. The summed E-state index contributed by atoms with van der Waals surface area (Å²) >= 11 is 0.551. The first-order valence-corrected chi connectivity index (χ1v) is 12.2. The van der Waals surface area contributed by atoms with E-state index in [2.05, 4.69) is 0 Å². The molecule has 2 aliphatic rings. The zero-order valence-electron chi connectivity index (χ0n) is 15.3. The summed E-state index contributed by atoms with van der Waals surface area (Å²) in [6, 6.07) is 0. The van der Waals surface area contributed by atoms with Gasteiger partial charge in [0.1, 0.15) is 0 Å². The van der Waals surface area contributed by atoms with E-state index in [0.717, 1.165) is 0 Å². The van der Waals surface area contributed by atoms with Crippen molar-refractivity contribution in [1.82, 2.24) is 0 Å². The quantitative estimate of drug-likeness (QED) is 0.455. The van der Waals surface area contributed by atoms with Crippen LogP contribution in [0.5, 0.6) is 0 Å². The van der Waals surface area contributed by atoms with E-state index in [1.807, 2.05) is 0 Å². The standard InChI is InChI=1S/C16H25O8S.K/c1-10-12(13(17)18)8-11(9-15(10,2)14(19)20)24-16(25(21,22)23)6-4-3-5-7-16;/h3,10-12H,4-9H2,1-2H3,(H,17,18)(H,19,20)(H,21,22,23);. The number of aliphatic carboxylic acids is 2. The normalized spacial score (nSPS) is 41.6. The van der Waals surface area contributed by atoms with E-state index >= 15 is 0 Å². The van der Waals surface area contributed by atoms with Gasteiger partial charge in [-0.2, -0.15) is 0 Å². The molecule has 0 aromatic carbocycles. The van der Waals surface area contributed by atoms with Crippen molar-refractivity contribution in [2.45, 2.75) is 63.4 Å². The minimum atomic E-state index is -4.52. The summed E-state index contributed by atoms with van der Waals surface area (Å²) in [5.74, 6) is -3.83. The topological polar surface area (TPSA) is 138 Å². The van der Waals surface area contributed by atoms with E-state index in [9.17, 15) is 32.8 Å². The van der Waals surface area contributed by atoms with Crippen molar-refractivity contribution in [3.05, 3.63) is 0 Å². The van der Waals surface area contributed by atoms with Crippen molar-refractivity contribution in [3.8, 4) is 0 Å². The molecule has 0 saturated heterocycles. The van der Waals surface area contributed by atoms with Gasteiger partial charge in [0.2, 0.25) is 0 Å². The molecule has 26 heavy (non-hydrogen) atoms. The van der Waals surface area contributed by atoms with Crippen LogP contribution < -0.4 is 0 Å². The molecule has 0 amide bonds. The molecule has 2 saturated carbocycles. The van der Waals surface area contributed by atoms with E-state index in [-0.39, 0.29) is 25.7 Å². The summed E-state index contributed by atoms with van der Waals surface area (Å²) in [6.45, 7) is 3.07. The fraction of sp³-hybridized carbons (Fsp3) is 0.875. The van der Waals surface area contributed by atoms with Gasteiger partial charge in [0.15, 0.2) is 0 Å². The van der Waals surface area contributed by atoms with Crippen LogP contribution in [0, 0.1) is 17.3 Å². The Morgan fingerprint density at radius 1 is 1.19 bits per heavy atom. The molecule has 0 heterocycles.